The first-order chi connectivity index (χ1) is 11.6. The smallest absolute Gasteiger partial charge is 0.247 e. The lowest BCUT2D eigenvalue weighted by Crippen LogP contribution is -2.37. The van der Waals surface area contributed by atoms with Gasteiger partial charge in [-0.25, -0.2) is 14.6 Å². The number of hydrogen-bond acceptors (Lipinski definition) is 6. The highest BCUT2D eigenvalue weighted by molar-refractivity contribution is 5.80. The molecule has 0 radical (unpaired) electrons. The van der Waals surface area contributed by atoms with Gasteiger partial charge in [-0.15, -0.1) is 0 Å². The Morgan fingerprint density at radius 2 is 2.25 bits per heavy atom. The highest BCUT2D eigenvalue weighted by Crippen LogP contribution is 2.19. The Hall–Kier alpha value is -2.64. The number of nitrogens with two attached hydrogens (primary N) is 1. The largest absolute Gasteiger partial charge is 0.384 e. The molecule has 1 amide bonds. The third-order valence-corrected chi connectivity index (χ3v) is 4.39. The first-order valence-electron chi connectivity index (χ1n) is 8.24. The van der Waals surface area contributed by atoms with Gasteiger partial charge < -0.3 is 16.0 Å². The number of pyridine rings is 1. The molecule has 3 rings (SSSR count). The first kappa shape index (κ1) is 16.2. The summed E-state index contributed by atoms with van der Waals surface area (Å²) in [6, 6.07) is 3.73. The molecule has 8 heteroatoms. The van der Waals surface area contributed by atoms with Crippen LogP contribution in [0.3, 0.4) is 0 Å². The van der Waals surface area contributed by atoms with Crippen molar-refractivity contribution in [2.24, 2.45) is 0 Å². The number of nitrogens with one attached hydrogen (secondary N) is 1. The number of amides is 1. The molecule has 3 heterocycles. The molecule has 1 saturated heterocycles. The molecule has 0 unspecified atom stereocenters. The minimum atomic E-state index is -0.321. The third kappa shape index (κ3) is 3.81. The summed E-state index contributed by atoms with van der Waals surface area (Å²) in [5.74, 6) is 0.607. The van der Waals surface area contributed by atoms with Crippen molar-refractivity contribution in [3.05, 3.63) is 31.0 Å². The minimum Gasteiger partial charge on any atom is -0.384 e. The second-order valence-corrected chi connectivity index (χ2v) is 6.12. The Morgan fingerprint density at radius 1 is 1.38 bits per heavy atom. The van der Waals surface area contributed by atoms with E-state index in [1.54, 1.807) is 23.3 Å². The average Bonchev–Trinajstić information content (AvgIpc) is 3.03. The molecule has 2 aromatic rings. The van der Waals surface area contributed by atoms with E-state index in [0.29, 0.717) is 11.9 Å². The summed E-state index contributed by atoms with van der Waals surface area (Å²) in [6.07, 6.45) is 7.67. The van der Waals surface area contributed by atoms with Crippen LogP contribution < -0.4 is 11.1 Å². The van der Waals surface area contributed by atoms with Crippen molar-refractivity contribution >= 4 is 17.4 Å². The number of aromatic nitrogens is 4. The predicted octanol–water partition coefficient (Wildman–Crippen LogP) is 1.31. The molecule has 2 atom stereocenters. The summed E-state index contributed by atoms with van der Waals surface area (Å²) >= 11 is 0. The topological polar surface area (TPSA) is 102 Å². The van der Waals surface area contributed by atoms with Gasteiger partial charge in [0.05, 0.1) is 11.9 Å². The number of carbonyl (C=O) groups excluding carboxylic acids is 1. The van der Waals surface area contributed by atoms with E-state index in [4.69, 9.17) is 5.73 Å². The van der Waals surface area contributed by atoms with Gasteiger partial charge in [0, 0.05) is 19.1 Å². The fourth-order valence-electron chi connectivity index (χ4n) is 2.98. The lowest BCUT2D eigenvalue weighted by atomic mass is 10.1. The quantitative estimate of drug-likeness (QED) is 0.877. The number of hydrogen-bond donors (Lipinski definition) is 2. The number of nitrogens with zero attached hydrogens (tertiary/aromatic N) is 5. The van der Waals surface area contributed by atoms with Crippen LogP contribution in [-0.2, 0) is 4.79 Å². The van der Waals surface area contributed by atoms with E-state index in [1.807, 2.05) is 17.9 Å². The minimum absolute atomic E-state index is 0.0929. The van der Waals surface area contributed by atoms with E-state index < -0.39 is 0 Å². The maximum atomic E-state index is 12.6. The Bertz CT molecular complexity index is 656. The Labute approximate surface area is 141 Å². The Balaban J connectivity index is 1.56. The normalized spacial score (nSPS) is 19.5. The molecule has 24 heavy (non-hydrogen) atoms. The molecule has 0 aliphatic carbocycles. The van der Waals surface area contributed by atoms with Gasteiger partial charge in [-0.05, 0) is 38.3 Å². The van der Waals surface area contributed by atoms with Crippen molar-refractivity contribution in [1.29, 1.82) is 0 Å². The second kappa shape index (κ2) is 7.29. The van der Waals surface area contributed by atoms with Gasteiger partial charge in [-0.2, -0.15) is 5.10 Å². The number of carbonyl (C=O) groups is 1. The molecule has 2 aromatic heterocycles. The van der Waals surface area contributed by atoms with Gasteiger partial charge in [0.2, 0.25) is 5.91 Å². The van der Waals surface area contributed by atoms with Crippen molar-refractivity contribution < 1.29 is 4.79 Å². The van der Waals surface area contributed by atoms with Crippen LogP contribution in [0.25, 0.3) is 0 Å². The fourth-order valence-corrected chi connectivity index (χ4v) is 2.98. The lowest BCUT2D eigenvalue weighted by molar-refractivity contribution is -0.134. The van der Waals surface area contributed by atoms with E-state index in [2.05, 4.69) is 20.4 Å². The van der Waals surface area contributed by atoms with Gasteiger partial charge in [-0.3, -0.25) is 4.79 Å². The summed E-state index contributed by atoms with van der Waals surface area (Å²) in [5, 5.41) is 7.54. The molecular weight excluding hydrogens is 306 g/mol. The van der Waals surface area contributed by atoms with E-state index >= 15 is 0 Å². The zero-order chi connectivity index (χ0) is 16.9. The number of nitrogen functional groups attached to an aromatic ring is 1. The van der Waals surface area contributed by atoms with Crippen LogP contribution in [0.1, 0.15) is 32.2 Å². The Kier molecular flexibility index (Phi) is 4.93. The molecule has 1 aliphatic heterocycles. The molecule has 0 aromatic carbocycles. The van der Waals surface area contributed by atoms with Crippen molar-refractivity contribution in [1.82, 2.24) is 24.6 Å². The summed E-state index contributed by atoms with van der Waals surface area (Å²) in [5.41, 5.74) is 6.57. The predicted molar refractivity (Wildman–Crippen MR) is 91.2 cm³/mol. The second-order valence-electron chi connectivity index (χ2n) is 6.12. The van der Waals surface area contributed by atoms with Crippen molar-refractivity contribution in [2.45, 2.75) is 38.3 Å². The van der Waals surface area contributed by atoms with Gasteiger partial charge in [0.1, 0.15) is 24.5 Å². The molecule has 0 saturated carbocycles. The lowest BCUT2D eigenvalue weighted by Gasteiger charge is -2.24. The Morgan fingerprint density at radius 3 is 2.96 bits per heavy atom. The summed E-state index contributed by atoms with van der Waals surface area (Å²) in [4.78, 5) is 22.6. The highest BCUT2D eigenvalue weighted by atomic mass is 16.2. The molecule has 8 nitrogen and oxygen atoms in total. The van der Waals surface area contributed by atoms with E-state index in [-0.39, 0.29) is 11.9 Å². The monoisotopic (exact) mass is 329 g/mol. The van der Waals surface area contributed by atoms with Crippen molar-refractivity contribution in [3.8, 4) is 0 Å². The molecule has 0 spiro atoms. The van der Waals surface area contributed by atoms with Crippen LogP contribution in [0.2, 0.25) is 0 Å². The van der Waals surface area contributed by atoms with Crippen LogP contribution >= 0.6 is 0 Å². The maximum Gasteiger partial charge on any atom is 0.247 e. The van der Waals surface area contributed by atoms with E-state index in [1.165, 1.54) is 6.33 Å². The maximum absolute atomic E-state index is 12.6. The third-order valence-electron chi connectivity index (χ3n) is 4.39. The summed E-state index contributed by atoms with van der Waals surface area (Å²) in [6.45, 7) is 3.37. The summed E-state index contributed by atoms with van der Waals surface area (Å²) < 4.78 is 1.60. The van der Waals surface area contributed by atoms with Crippen LogP contribution in [-0.4, -0.2) is 49.7 Å². The zero-order valence-electron chi connectivity index (χ0n) is 13.8. The van der Waals surface area contributed by atoms with E-state index in [9.17, 15) is 4.79 Å². The van der Waals surface area contributed by atoms with Crippen LogP contribution in [0.5, 0.6) is 0 Å². The molecule has 3 N–H and O–H groups in total. The molecule has 128 valence electrons. The molecule has 1 aliphatic rings. The standard InChI is InChI=1S/C16H23N7O/c1-12(23-11-18-10-20-23)16(24)22-7-2-3-13(6-8-22)21-14-4-5-15(17)19-9-14/h4-5,9-13,21H,2-3,6-8H2,1H3,(H2,17,19)/t12-,13-/m1/s1. The van der Waals surface area contributed by atoms with Crippen molar-refractivity contribution in [3.63, 3.8) is 0 Å². The fraction of sp³-hybridized carbons (Fsp3) is 0.500. The van der Waals surface area contributed by atoms with Gasteiger partial charge >= 0.3 is 0 Å². The number of rotatable bonds is 4. The average molecular weight is 329 g/mol. The molecule has 0 bridgehead atoms. The molecular formula is C16H23N7O. The van der Waals surface area contributed by atoms with Crippen molar-refractivity contribution in [2.75, 3.05) is 24.1 Å². The van der Waals surface area contributed by atoms with Crippen LogP contribution in [0.4, 0.5) is 11.5 Å². The highest BCUT2D eigenvalue weighted by Gasteiger charge is 2.25. The van der Waals surface area contributed by atoms with Crippen LogP contribution in [0, 0.1) is 0 Å². The number of likely N-dealkylation sites (tertiary alicyclic amines) is 1. The summed E-state index contributed by atoms with van der Waals surface area (Å²) in [7, 11) is 0. The zero-order valence-corrected chi connectivity index (χ0v) is 13.8. The van der Waals surface area contributed by atoms with Gasteiger partial charge in [-0.1, -0.05) is 0 Å². The first-order valence-corrected chi connectivity index (χ1v) is 8.24. The molecule has 1 fully saturated rings. The SMILES string of the molecule is C[C@H](C(=O)N1CCC[C@@H](Nc2ccc(N)nc2)CC1)n1cncn1. The van der Waals surface area contributed by atoms with Crippen LogP contribution in [0.15, 0.2) is 31.0 Å². The van der Waals surface area contributed by atoms with E-state index in [0.717, 1.165) is 38.0 Å². The number of anilines is 2. The van der Waals surface area contributed by atoms with Gasteiger partial charge in [0.15, 0.2) is 0 Å². The van der Waals surface area contributed by atoms with Gasteiger partial charge in [0.25, 0.3) is 0 Å².